The average Bonchev–Trinajstić information content (AvgIpc) is 2.43. The predicted molar refractivity (Wildman–Crippen MR) is 80.1 cm³/mol. The number of rotatable bonds is 5. The van der Waals surface area contributed by atoms with E-state index < -0.39 is 0 Å². The van der Waals surface area contributed by atoms with Crippen LogP contribution in [0.4, 0.5) is 11.4 Å². The summed E-state index contributed by atoms with van der Waals surface area (Å²) in [6.07, 6.45) is 0. The molecule has 1 heterocycles. The average molecular weight is 274 g/mol. The highest BCUT2D eigenvalue weighted by molar-refractivity contribution is 5.93. The van der Waals surface area contributed by atoms with E-state index in [1.54, 1.807) is 12.1 Å². The molecule has 1 aromatic heterocycles. The number of fused-ring (bicyclic) bond motifs is 1. The predicted octanol–water partition coefficient (Wildman–Crippen LogP) is 2.24. The molecule has 0 saturated carbocycles. The Morgan fingerprint density at radius 3 is 2.75 bits per heavy atom. The smallest absolute Gasteiger partial charge is 0.270 e. The van der Waals surface area contributed by atoms with Gasteiger partial charge in [-0.2, -0.15) is 0 Å². The fraction of sp³-hybridized carbons (Fsp3) is 0.357. The van der Waals surface area contributed by atoms with Crippen molar-refractivity contribution in [2.45, 2.75) is 13.8 Å². The van der Waals surface area contributed by atoms with Crippen LogP contribution in [0, 0.1) is 17.0 Å². The van der Waals surface area contributed by atoms with Gasteiger partial charge in [-0.1, -0.05) is 0 Å². The number of aryl methyl sites for hydroxylation is 1. The normalized spacial score (nSPS) is 10.8. The number of aromatic nitrogens is 1. The summed E-state index contributed by atoms with van der Waals surface area (Å²) < 4.78 is 0. The summed E-state index contributed by atoms with van der Waals surface area (Å²) in [6.45, 7) is 5.98. The zero-order valence-electron chi connectivity index (χ0n) is 11.7. The number of nitro groups is 1. The SMILES string of the molecule is CCN(CCN)c1cc(C)nc2ccc([N+](=O)[O-])cc12. The first-order valence-corrected chi connectivity index (χ1v) is 6.57. The van der Waals surface area contributed by atoms with Crippen LogP contribution in [0.2, 0.25) is 0 Å². The lowest BCUT2D eigenvalue weighted by molar-refractivity contribution is -0.384. The number of anilines is 1. The Labute approximate surface area is 117 Å². The lowest BCUT2D eigenvalue weighted by Gasteiger charge is -2.24. The second-order valence-electron chi connectivity index (χ2n) is 4.61. The Bertz CT molecular complexity index is 642. The third kappa shape index (κ3) is 2.70. The molecule has 0 aliphatic carbocycles. The van der Waals surface area contributed by atoms with E-state index in [2.05, 4.69) is 9.88 Å². The van der Waals surface area contributed by atoms with Crippen LogP contribution in [0.1, 0.15) is 12.6 Å². The molecule has 20 heavy (non-hydrogen) atoms. The van der Waals surface area contributed by atoms with Crippen LogP contribution >= 0.6 is 0 Å². The molecule has 0 aliphatic rings. The molecule has 0 atom stereocenters. The maximum absolute atomic E-state index is 10.9. The van der Waals surface area contributed by atoms with Crippen molar-refractivity contribution in [3.05, 3.63) is 40.1 Å². The van der Waals surface area contributed by atoms with E-state index in [0.29, 0.717) is 13.1 Å². The lowest BCUT2D eigenvalue weighted by Crippen LogP contribution is -2.29. The number of hydrogen-bond acceptors (Lipinski definition) is 5. The van der Waals surface area contributed by atoms with Gasteiger partial charge in [-0.25, -0.2) is 0 Å². The molecule has 0 bridgehead atoms. The molecule has 0 aliphatic heterocycles. The number of benzene rings is 1. The van der Waals surface area contributed by atoms with E-state index in [1.165, 1.54) is 6.07 Å². The van der Waals surface area contributed by atoms with Gasteiger partial charge in [0.2, 0.25) is 0 Å². The molecular formula is C14H18N4O2. The Kier molecular flexibility index (Phi) is 4.14. The molecule has 1 aromatic carbocycles. The van der Waals surface area contributed by atoms with Gasteiger partial charge in [0.05, 0.1) is 10.4 Å². The molecular weight excluding hydrogens is 256 g/mol. The van der Waals surface area contributed by atoms with Gasteiger partial charge >= 0.3 is 0 Å². The minimum Gasteiger partial charge on any atom is -0.370 e. The van der Waals surface area contributed by atoms with Crippen molar-refractivity contribution in [3.63, 3.8) is 0 Å². The summed E-state index contributed by atoms with van der Waals surface area (Å²) in [5, 5.41) is 11.7. The third-order valence-electron chi connectivity index (χ3n) is 3.23. The first kappa shape index (κ1) is 14.2. The van der Waals surface area contributed by atoms with Crippen molar-refractivity contribution in [2.24, 2.45) is 5.73 Å². The van der Waals surface area contributed by atoms with Crippen molar-refractivity contribution in [1.82, 2.24) is 4.98 Å². The van der Waals surface area contributed by atoms with Crippen LogP contribution in [0.25, 0.3) is 10.9 Å². The fourth-order valence-corrected chi connectivity index (χ4v) is 2.30. The highest BCUT2D eigenvalue weighted by Crippen LogP contribution is 2.29. The molecule has 0 unspecified atom stereocenters. The van der Waals surface area contributed by atoms with E-state index in [0.717, 1.165) is 28.8 Å². The van der Waals surface area contributed by atoms with Gasteiger partial charge in [-0.3, -0.25) is 15.1 Å². The molecule has 2 rings (SSSR count). The summed E-state index contributed by atoms with van der Waals surface area (Å²) >= 11 is 0. The molecule has 2 N–H and O–H groups in total. The van der Waals surface area contributed by atoms with E-state index in [4.69, 9.17) is 5.73 Å². The standard InChI is InChI=1S/C14H18N4O2/c1-3-17(7-6-15)14-8-10(2)16-13-5-4-11(18(19)20)9-12(13)14/h4-5,8-9H,3,6-7,15H2,1-2H3. The van der Waals surface area contributed by atoms with Crippen LogP contribution in [0.3, 0.4) is 0 Å². The van der Waals surface area contributed by atoms with Gasteiger partial charge in [-0.05, 0) is 26.0 Å². The first-order valence-electron chi connectivity index (χ1n) is 6.57. The summed E-state index contributed by atoms with van der Waals surface area (Å²) in [7, 11) is 0. The molecule has 6 nitrogen and oxygen atoms in total. The molecule has 0 amide bonds. The van der Waals surface area contributed by atoms with Gasteiger partial charge in [0.15, 0.2) is 0 Å². The maximum Gasteiger partial charge on any atom is 0.270 e. The molecule has 6 heteroatoms. The Hall–Kier alpha value is -2.21. The van der Waals surface area contributed by atoms with E-state index in [1.807, 2.05) is 19.9 Å². The zero-order valence-corrected chi connectivity index (χ0v) is 11.7. The van der Waals surface area contributed by atoms with Gasteiger partial charge in [0.1, 0.15) is 0 Å². The first-order chi connectivity index (χ1) is 9.56. The van der Waals surface area contributed by atoms with Crippen molar-refractivity contribution in [3.8, 4) is 0 Å². The highest BCUT2D eigenvalue weighted by atomic mass is 16.6. The maximum atomic E-state index is 10.9. The number of nitrogens with two attached hydrogens (primary N) is 1. The summed E-state index contributed by atoms with van der Waals surface area (Å²) in [4.78, 5) is 17.1. The van der Waals surface area contributed by atoms with Crippen LogP contribution in [0.5, 0.6) is 0 Å². The minimum absolute atomic E-state index is 0.0770. The molecule has 2 aromatic rings. The van der Waals surface area contributed by atoms with Crippen LogP contribution in [0.15, 0.2) is 24.3 Å². The van der Waals surface area contributed by atoms with Crippen molar-refractivity contribution in [1.29, 1.82) is 0 Å². The second-order valence-corrected chi connectivity index (χ2v) is 4.61. The number of non-ortho nitro benzene ring substituents is 1. The Morgan fingerprint density at radius 2 is 2.15 bits per heavy atom. The molecule has 0 saturated heterocycles. The van der Waals surface area contributed by atoms with Crippen LogP contribution in [-0.2, 0) is 0 Å². The Balaban J connectivity index is 2.66. The Morgan fingerprint density at radius 1 is 1.40 bits per heavy atom. The van der Waals surface area contributed by atoms with Gasteiger partial charge in [0.25, 0.3) is 5.69 Å². The number of hydrogen-bond donors (Lipinski definition) is 1. The highest BCUT2D eigenvalue weighted by Gasteiger charge is 2.14. The van der Waals surface area contributed by atoms with Gasteiger partial charge in [0, 0.05) is 48.5 Å². The van der Waals surface area contributed by atoms with Crippen molar-refractivity contribution < 1.29 is 4.92 Å². The second kappa shape index (κ2) is 5.83. The molecule has 0 radical (unpaired) electrons. The lowest BCUT2D eigenvalue weighted by atomic mass is 10.1. The number of nitro benzene ring substituents is 1. The van der Waals surface area contributed by atoms with Gasteiger partial charge in [-0.15, -0.1) is 0 Å². The van der Waals surface area contributed by atoms with Gasteiger partial charge < -0.3 is 10.6 Å². The summed E-state index contributed by atoms with van der Waals surface area (Å²) in [5.41, 5.74) is 8.31. The quantitative estimate of drug-likeness (QED) is 0.667. The van der Waals surface area contributed by atoms with Crippen LogP contribution in [-0.4, -0.2) is 29.5 Å². The van der Waals surface area contributed by atoms with E-state index >= 15 is 0 Å². The van der Waals surface area contributed by atoms with Crippen LogP contribution < -0.4 is 10.6 Å². The van der Waals surface area contributed by atoms with E-state index in [9.17, 15) is 10.1 Å². The van der Waals surface area contributed by atoms with Crippen molar-refractivity contribution in [2.75, 3.05) is 24.5 Å². The number of pyridine rings is 1. The molecule has 0 spiro atoms. The topological polar surface area (TPSA) is 85.3 Å². The third-order valence-corrected chi connectivity index (χ3v) is 3.23. The largest absolute Gasteiger partial charge is 0.370 e. The van der Waals surface area contributed by atoms with Crippen molar-refractivity contribution >= 4 is 22.3 Å². The zero-order chi connectivity index (χ0) is 14.7. The summed E-state index contributed by atoms with van der Waals surface area (Å²) in [5.74, 6) is 0. The van der Waals surface area contributed by atoms with E-state index in [-0.39, 0.29) is 10.6 Å². The summed E-state index contributed by atoms with van der Waals surface area (Å²) in [6, 6.07) is 6.71. The number of likely N-dealkylation sites (N-methyl/N-ethyl adjacent to an activating group) is 1. The fourth-order valence-electron chi connectivity index (χ4n) is 2.30. The minimum atomic E-state index is -0.387. The monoisotopic (exact) mass is 274 g/mol. The molecule has 0 fully saturated rings. The number of nitrogens with zero attached hydrogens (tertiary/aromatic N) is 3. The molecule has 106 valence electrons.